The fraction of sp³-hybridized carbons (Fsp3) is 1.00. The Kier molecular flexibility index (Phi) is 4.51. The summed E-state index contributed by atoms with van der Waals surface area (Å²) >= 11 is 3.86. The van der Waals surface area contributed by atoms with Crippen LogP contribution in [0.5, 0.6) is 0 Å². The van der Waals surface area contributed by atoms with Crippen LogP contribution in [0.1, 0.15) is 51.9 Å². The third kappa shape index (κ3) is 3.20. The summed E-state index contributed by atoms with van der Waals surface area (Å²) in [5.41, 5.74) is 0. The molecule has 2 heteroatoms. The van der Waals surface area contributed by atoms with Crippen molar-refractivity contribution < 1.29 is 4.74 Å². The number of halogens is 1. The molecule has 0 bridgehead atoms. The second-order valence-electron chi connectivity index (χ2n) is 5.23. The summed E-state index contributed by atoms with van der Waals surface area (Å²) < 4.78 is 5.75. The SMILES string of the molecule is CCC1CCC(Br)C(CC2CCCO2)C1. The van der Waals surface area contributed by atoms with Gasteiger partial charge in [0.15, 0.2) is 0 Å². The van der Waals surface area contributed by atoms with E-state index in [1.165, 1.54) is 44.9 Å². The molecule has 1 aliphatic carbocycles. The number of hydrogen-bond acceptors (Lipinski definition) is 1. The standard InChI is InChI=1S/C13H23BrO/c1-2-10-5-6-13(14)11(8-10)9-12-4-3-7-15-12/h10-13H,2-9H2,1H3. The maximum absolute atomic E-state index is 5.75. The van der Waals surface area contributed by atoms with E-state index in [0.29, 0.717) is 6.10 Å². The molecule has 0 aromatic rings. The number of hydrogen-bond donors (Lipinski definition) is 0. The summed E-state index contributed by atoms with van der Waals surface area (Å²) in [5.74, 6) is 1.84. The molecule has 4 atom stereocenters. The van der Waals surface area contributed by atoms with Gasteiger partial charge in [-0.05, 0) is 50.4 Å². The van der Waals surface area contributed by atoms with Crippen LogP contribution in [0.25, 0.3) is 0 Å². The van der Waals surface area contributed by atoms with E-state index >= 15 is 0 Å². The van der Waals surface area contributed by atoms with Crippen LogP contribution in [0.15, 0.2) is 0 Å². The first-order valence-electron chi connectivity index (χ1n) is 6.55. The van der Waals surface area contributed by atoms with Crippen molar-refractivity contribution in [3.63, 3.8) is 0 Å². The molecule has 88 valence electrons. The highest BCUT2D eigenvalue weighted by atomic mass is 79.9. The van der Waals surface area contributed by atoms with Crippen LogP contribution in [-0.4, -0.2) is 17.5 Å². The Morgan fingerprint density at radius 2 is 2.13 bits per heavy atom. The predicted molar refractivity (Wildman–Crippen MR) is 67.4 cm³/mol. The van der Waals surface area contributed by atoms with Crippen molar-refractivity contribution in [2.45, 2.75) is 62.8 Å². The molecule has 2 rings (SSSR count). The summed E-state index contributed by atoms with van der Waals surface area (Å²) in [5, 5.41) is 0. The maximum Gasteiger partial charge on any atom is 0.0579 e. The third-order valence-electron chi connectivity index (χ3n) is 4.17. The number of alkyl halides is 1. The van der Waals surface area contributed by atoms with E-state index in [2.05, 4.69) is 22.9 Å². The summed E-state index contributed by atoms with van der Waals surface area (Å²) in [6.45, 7) is 3.34. The second kappa shape index (κ2) is 5.67. The zero-order valence-electron chi connectivity index (χ0n) is 9.75. The van der Waals surface area contributed by atoms with Crippen molar-refractivity contribution in [2.24, 2.45) is 11.8 Å². The van der Waals surface area contributed by atoms with Gasteiger partial charge in [0.1, 0.15) is 0 Å². The van der Waals surface area contributed by atoms with Gasteiger partial charge < -0.3 is 4.74 Å². The summed E-state index contributed by atoms with van der Waals surface area (Å²) in [6, 6.07) is 0. The molecule has 0 amide bonds. The monoisotopic (exact) mass is 274 g/mol. The summed E-state index contributed by atoms with van der Waals surface area (Å²) in [6.07, 6.45) is 10.0. The van der Waals surface area contributed by atoms with Crippen LogP contribution in [-0.2, 0) is 4.74 Å². The quantitative estimate of drug-likeness (QED) is 0.703. The van der Waals surface area contributed by atoms with Gasteiger partial charge in [0.05, 0.1) is 6.10 Å². The van der Waals surface area contributed by atoms with Crippen molar-refractivity contribution >= 4 is 15.9 Å². The lowest BCUT2D eigenvalue weighted by Gasteiger charge is -2.34. The van der Waals surface area contributed by atoms with Gasteiger partial charge in [-0.25, -0.2) is 0 Å². The molecule has 1 saturated carbocycles. The smallest absolute Gasteiger partial charge is 0.0579 e. The molecule has 2 aliphatic rings. The minimum Gasteiger partial charge on any atom is -0.378 e. The topological polar surface area (TPSA) is 9.23 Å². The molecule has 0 aromatic carbocycles. The molecule has 4 unspecified atom stereocenters. The Morgan fingerprint density at radius 3 is 2.80 bits per heavy atom. The minimum atomic E-state index is 0.575. The molecule has 1 aliphatic heterocycles. The molecule has 1 heterocycles. The van der Waals surface area contributed by atoms with E-state index in [1.807, 2.05) is 0 Å². The van der Waals surface area contributed by atoms with Gasteiger partial charge in [-0.2, -0.15) is 0 Å². The Labute approximate surface area is 102 Å². The van der Waals surface area contributed by atoms with Crippen LogP contribution >= 0.6 is 15.9 Å². The van der Waals surface area contributed by atoms with Crippen LogP contribution in [0.2, 0.25) is 0 Å². The molecule has 0 N–H and O–H groups in total. The van der Waals surface area contributed by atoms with Crippen LogP contribution in [0, 0.1) is 11.8 Å². The van der Waals surface area contributed by atoms with E-state index in [9.17, 15) is 0 Å². The van der Waals surface area contributed by atoms with Crippen molar-refractivity contribution in [1.29, 1.82) is 0 Å². The molecule has 1 saturated heterocycles. The summed E-state index contributed by atoms with van der Waals surface area (Å²) in [4.78, 5) is 0.754. The van der Waals surface area contributed by atoms with E-state index in [1.54, 1.807) is 0 Å². The third-order valence-corrected chi connectivity index (χ3v) is 5.37. The molecule has 1 nitrogen and oxygen atoms in total. The van der Waals surface area contributed by atoms with Gasteiger partial charge in [0.25, 0.3) is 0 Å². The average molecular weight is 275 g/mol. The van der Waals surface area contributed by atoms with E-state index in [0.717, 1.165) is 23.3 Å². The van der Waals surface area contributed by atoms with Gasteiger partial charge in [-0.15, -0.1) is 0 Å². The van der Waals surface area contributed by atoms with Gasteiger partial charge in [-0.3, -0.25) is 0 Å². The van der Waals surface area contributed by atoms with Crippen molar-refractivity contribution in [3.05, 3.63) is 0 Å². The highest BCUT2D eigenvalue weighted by Gasteiger charge is 2.31. The largest absolute Gasteiger partial charge is 0.378 e. The first kappa shape index (κ1) is 11.9. The zero-order valence-corrected chi connectivity index (χ0v) is 11.3. The molecule has 0 spiro atoms. The molecule has 0 radical (unpaired) electrons. The highest BCUT2D eigenvalue weighted by molar-refractivity contribution is 9.09. The normalized spacial score (nSPS) is 42.0. The number of rotatable bonds is 3. The minimum absolute atomic E-state index is 0.575. The van der Waals surface area contributed by atoms with Gasteiger partial charge in [-0.1, -0.05) is 29.3 Å². The maximum atomic E-state index is 5.75. The second-order valence-corrected chi connectivity index (χ2v) is 6.41. The lowest BCUT2D eigenvalue weighted by molar-refractivity contribution is 0.0793. The van der Waals surface area contributed by atoms with Crippen LogP contribution in [0.3, 0.4) is 0 Å². The van der Waals surface area contributed by atoms with E-state index in [4.69, 9.17) is 4.74 Å². The fourth-order valence-corrected chi connectivity index (χ4v) is 3.80. The van der Waals surface area contributed by atoms with Gasteiger partial charge >= 0.3 is 0 Å². The Morgan fingerprint density at radius 1 is 1.27 bits per heavy atom. The lowest BCUT2D eigenvalue weighted by atomic mass is 9.77. The van der Waals surface area contributed by atoms with Crippen molar-refractivity contribution in [1.82, 2.24) is 0 Å². The van der Waals surface area contributed by atoms with Crippen LogP contribution in [0.4, 0.5) is 0 Å². The number of ether oxygens (including phenoxy) is 1. The zero-order chi connectivity index (χ0) is 10.7. The molecule has 0 aromatic heterocycles. The van der Waals surface area contributed by atoms with Gasteiger partial charge in [0.2, 0.25) is 0 Å². The highest BCUT2D eigenvalue weighted by Crippen LogP contribution is 2.39. The Bertz CT molecular complexity index is 189. The Balaban J connectivity index is 1.82. The van der Waals surface area contributed by atoms with Crippen molar-refractivity contribution in [3.8, 4) is 0 Å². The van der Waals surface area contributed by atoms with Crippen LogP contribution < -0.4 is 0 Å². The molecular weight excluding hydrogens is 252 g/mol. The molecule has 15 heavy (non-hydrogen) atoms. The average Bonchev–Trinajstić information content (AvgIpc) is 2.74. The van der Waals surface area contributed by atoms with Gasteiger partial charge in [0, 0.05) is 11.4 Å². The van der Waals surface area contributed by atoms with Crippen molar-refractivity contribution in [2.75, 3.05) is 6.61 Å². The summed E-state index contributed by atoms with van der Waals surface area (Å²) in [7, 11) is 0. The van der Waals surface area contributed by atoms with E-state index < -0.39 is 0 Å². The van der Waals surface area contributed by atoms with E-state index in [-0.39, 0.29) is 0 Å². The first-order valence-corrected chi connectivity index (χ1v) is 7.46. The Hall–Kier alpha value is 0.440. The molecule has 2 fully saturated rings. The lowest BCUT2D eigenvalue weighted by Crippen LogP contribution is -2.28. The first-order chi connectivity index (χ1) is 7.29. The fourth-order valence-electron chi connectivity index (χ4n) is 3.11. The molecular formula is C13H23BrO. The predicted octanol–water partition coefficient (Wildman–Crippen LogP) is 4.15.